The molecule has 100 valence electrons. The van der Waals surface area contributed by atoms with Gasteiger partial charge in [-0.1, -0.05) is 19.8 Å². The van der Waals surface area contributed by atoms with E-state index >= 15 is 0 Å². The van der Waals surface area contributed by atoms with E-state index < -0.39 is 5.54 Å². The molecule has 2 atom stereocenters. The molecule has 0 radical (unpaired) electrons. The molecule has 0 saturated heterocycles. The largest absolute Gasteiger partial charge is 0.394 e. The maximum Gasteiger partial charge on any atom is 0.0647 e. The third kappa shape index (κ3) is 3.21. The summed E-state index contributed by atoms with van der Waals surface area (Å²) in [5.41, 5.74) is -0.462. The Morgan fingerprint density at radius 1 is 1.06 bits per heavy atom. The molecule has 3 heteroatoms. The van der Waals surface area contributed by atoms with Crippen LogP contribution in [0.25, 0.3) is 0 Å². The quantitative estimate of drug-likeness (QED) is 0.663. The summed E-state index contributed by atoms with van der Waals surface area (Å²) >= 11 is 0. The molecule has 0 aromatic carbocycles. The van der Waals surface area contributed by atoms with Gasteiger partial charge in [-0.15, -0.1) is 0 Å². The monoisotopic (exact) mass is 241 g/mol. The van der Waals surface area contributed by atoms with E-state index in [1.165, 1.54) is 38.5 Å². The summed E-state index contributed by atoms with van der Waals surface area (Å²) in [5.74, 6) is 1.88. The van der Waals surface area contributed by atoms with Crippen LogP contribution in [0.2, 0.25) is 0 Å². The molecule has 2 saturated carbocycles. The lowest BCUT2D eigenvalue weighted by Gasteiger charge is -2.38. The first-order valence-corrected chi connectivity index (χ1v) is 7.22. The minimum Gasteiger partial charge on any atom is -0.394 e. The normalized spacial score (nSPS) is 30.5. The van der Waals surface area contributed by atoms with Crippen LogP contribution in [0.15, 0.2) is 0 Å². The Labute approximate surface area is 105 Å². The highest BCUT2D eigenvalue weighted by atomic mass is 16.3. The van der Waals surface area contributed by atoms with Crippen molar-refractivity contribution >= 4 is 0 Å². The van der Waals surface area contributed by atoms with Gasteiger partial charge < -0.3 is 15.5 Å². The van der Waals surface area contributed by atoms with Crippen LogP contribution in [0.3, 0.4) is 0 Å². The predicted molar refractivity (Wildman–Crippen MR) is 68.8 cm³/mol. The highest BCUT2D eigenvalue weighted by Crippen LogP contribution is 2.44. The Balaban J connectivity index is 1.88. The fourth-order valence-corrected chi connectivity index (χ4v) is 3.25. The molecule has 2 aliphatic rings. The number of hydrogen-bond donors (Lipinski definition) is 3. The van der Waals surface area contributed by atoms with Crippen molar-refractivity contribution in [2.45, 2.75) is 63.5 Å². The number of rotatable bonds is 6. The van der Waals surface area contributed by atoms with E-state index in [4.69, 9.17) is 0 Å². The summed E-state index contributed by atoms with van der Waals surface area (Å²) in [5, 5.41) is 22.5. The average molecular weight is 241 g/mol. The topological polar surface area (TPSA) is 52.5 Å². The zero-order chi connectivity index (χ0) is 12.3. The van der Waals surface area contributed by atoms with E-state index in [-0.39, 0.29) is 13.2 Å². The second-order valence-electron chi connectivity index (χ2n) is 6.06. The van der Waals surface area contributed by atoms with Crippen LogP contribution in [0, 0.1) is 11.8 Å². The molecule has 2 aliphatic carbocycles. The third-order valence-corrected chi connectivity index (χ3v) is 4.80. The Kier molecular flexibility index (Phi) is 4.45. The van der Waals surface area contributed by atoms with E-state index in [9.17, 15) is 10.2 Å². The van der Waals surface area contributed by atoms with Crippen LogP contribution in [-0.4, -0.2) is 35.0 Å². The lowest BCUT2D eigenvalue weighted by Crippen LogP contribution is -2.56. The van der Waals surface area contributed by atoms with Crippen molar-refractivity contribution < 1.29 is 10.2 Å². The van der Waals surface area contributed by atoms with Gasteiger partial charge in [0.2, 0.25) is 0 Å². The highest BCUT2D eigenvalue weighted by Gasteiger charge is 2.37. The molecule has 17 heavy (non-hydrogen) atoms. The van der Waals surface area contributed by atoms with Gasteiger partial charge in [0, 0.05) is 6.04 Å². The maximum atomic E-state index is 9.47. The van der Waals surface area contributed by atoms with Gasteiger partial charge in [-0.3, -0.25) is 0 Å². The van der Waals surface area contributed by atoms with Crippen LogP contribution < -0.4 is 5.32 Å². The van der Waals surface area contributed by atoms with Crippen LogP contribution in [-0.2, 0) is 0 Å². The zero-order valence-corrected chi connectivity index (χ0v) is 11.0. The van der Waals surface area contributed by atoms with Crippen molar-refractivity contribution in [2.75, 3.05) is 13.2 Å². The van der Waals surface area contributed by atoms with Gasteiger partial charge in [0.1, 0.15) is 0 Å². The first-order valence-electron chi connectivity index (χ1n) is 7.22. The summed E-state index contributed by atoms with van der Waals surface area (Å²) in [6.07, 6.45) is 8.77. The van der Waals surface area contributed by atoms with Gasteiger partial charge in [0.15, 0.2) is 0 Å². The van der Waals surface area contributed by atoms with Crippen molar-refractivity contribution in [1.82, 2.24) is 5.32 Å². The Hall–Kier alpha value is -0.120. The van der Waals surface area contributed by atoms with E-state index in [0.717, 1.165) is 18.3 Å². The summed E-state index contributed by atoms with van der Waals surface area (Å²) < 4.78 is 0. The van der Waals surface area contributed by atoms with Gasteiger partial charge in [-0.05, 0) is 43.9 Å². The minimum absolute atomic E-state index is 0.0323. The van der Waals surface area contributed by atoms with Crippen LogP contribution in [0.5, 0.6) is 0 Å². The van der Waals surface area contributed by atoms with E-state index in [1.807, 2.05) is 6.92 Å². The van der Waals surface area contributed by atoms with Crippen LogP contribution in [0.4, 0.5) is 0 Å². The SMILES string of the molecule is CCC(CO)(CO)NC1CCCC(C2CC2)C1. The smallest absolute Gasteiger partial charge is 0.0647 e. The molecule has 0 aliphatic heterocycles. The number of hydrogen-bond acceptors (Lipinski definition) is 3. The fraction of sp³-hybridized carbons (Fsp3) is 1.00. The molecule has 0 heterocycles. The number of aliphatic hydroxyl groups is 2. The van der Waals surface area contributed by atoms with Crippen molar-refractivity contribution in [3.8, 4) is 0 Å². The molecule has 0 aromatic rings. The maximum absolute atomic E-state index is 9.47. The molecule has 2 fully saturated rings. The second-order valence-corrected chi connectivity index (χ2v) is 6.06. The van der Waals surface area contributed by atoms with E-state index in [1.54, 1.807) is 0 Å². The van der Waals surface area contributed by atoms with Gasteiger partial charge >= 0.3 is 0 Å². The summed E-state index contributed by atoms with van der Waals surface area (Å²) in [7, 11) is 0. The molecule has 2 unspecified atom stereocenters. The standard InChI is InChI=1S/C14H27NO2/c1-2-14(9-16,10-17)15-13-5-3-4-12(8-13)11-6-7-11/h11-13,15-17H,2-10H2,1H3. The molecule has 3 nitrogen and oxygen atoms in total. The first kappa shape index (κ1) is 13.3. The van der Waals surface area contributed by atoms with Crippen molar-refractivity contribution in [1.29, 1.82) is 0 Å². The lowest BCUT2D eigenvalue weighted by atomic mass is 9.81. The molecule has 2 rings (SSSR count). The van der Waals surface area contributed by atoms with Crippen LogP contribution >= 0.6 is 0 Å². The first-order chi connectivity index (χ1) is 8.23. The molecule has 0 bridgehead atoms. The highest BCUT2D eigenvalue weighted by molar-refractivity contribution is 4.93. The van der Waals surface area contributed by atoms with Gasteiger partial charge in [0.25, 0.3) is 0 Å². The van der Waals surface area contributed by atoms with Gasteiger partial charge in [-0.25, -0.2) is 0 Å². The van der Waals surface area contributed by atoms with Crippen molar-refractivity contribution in [3.05, 3.63) is 0 Å². The second kappa shape index (κ2) is 5.68. The average Bonchev–Trinajstić information content (AvgIpc) is 3.21. The molecule has 0 amide bonds. The van der Waals surface area contributed by atoms with Crippen molar-refractivity contribution in [3.63, 3.8) is 0 Å². The lowest BCUT2D eigenvalue weighted by molar-refractivity contribution is 0.0672. The summed E-state index contributed by atoms with van der Waals surface area (Å²) in [6, 6.07) is 0.494. The summed E-state index contributed by atoms with van der Waals surface area (Å²) in [6.45, 7) is 2.09. The Morgan fingerprint density at radius 3 is 2.29 bits per heavy atom. The summed E-state index contributed by atoms with van der Waals surface area (Å²) in [4.78, 5) is 0. The van der Waals surface area contributed by atoms with E-state index in [2.05, 4.69) is 5.32 Å². The zero-order valence-electron chi connectivity index (χ0n) is 11.0. The minimum atomic E-state index is -0.462. The molecule has 3 N–H and O–H groups in total. The van der Waals surface area contributed by atoms with Crippen LogP contribution in [0.1, 0.15) is 51.9 Å². The molecule has 0 aromatic heterocycles. The van der Waals surface area contributed by atoms with Gasteiger partial charge in [0.05, 0.1) is 18.8 Å². The molecule has 0 spiro atoms. The predicted octanol–water partition coefficient (Wildman–Crippen LogP) is 1.68. The molecular formula is C14H27NO2. The third-order valence-electron chi connectivity index (χ3n) is 4.80. The van der Waals surface area contributed by atoms with E-state index in [0.29, 0.717) is 6.04 Å². The fourth-order valence-electron chi connectivity index (χ4n) is 3.25. The molecular weight excluding hydrogens is 214 g/mol. The Bertz CT molecular complexity index is 228. The number of aliphatic hydroxyl groups excluding tert-OH is 2. The van der Waals surface area contributed by atoms with Gasteiger partial charge in [-0.2, -0.15) is 0 Å². The Morgan fingerprint density at radius 2 is 1.76 bits per heavy atom. The number of nitrogens with one attached hydrogen (secondary N) is 1. The van der Waals surface area contributed by atoms with Crippen molar-refractivity contribution in [2.24, 2.45) is 11.8 Å².